The number of halogens is 1. The lowest BCUT2D eigenvalue weighted by atomic mass is 10.0. The second-order valence-corrected chi connectivity index (χ2v) is 4.45. The van der Waals surface area contributed by atoms with Crippen LogP contribution in [-0.4, -0.2) is 9.78 Å². The topological polar surface area (TPSA) is 43.8 Å². The number of hydrogen-bond donors (Lipinski definition) is 1. The fourth-order valence-corrected chi connectivity index (χ4v) is 2.16. The molecule has 2 rings (SSSR count). The Morgan fingerprint density at radius 1 is 1.41 bits per heavy atom. The van der Waals surface area contributed by atoms with Crippen LogP contribution in [0.4, 0.5) is 0 Å². The van der Waals surface area contributed by atoms with E-state index in [2.05, 4.69) is 12.0 Å². The fraction of sp³-hybridized carbons (Fsp3) is 0.308. The highest BCUT2D eigenvalue weighted by Gasteiger charge is 2.11. The Morgan fingerprint density at radius 2 is 2.24 bits per heavy atom. The second kappa shape index (κ2) is 5.34. The molecule has 0 aliphatic carbocycles. The Kier molecular flexibility index (Phi) is 3.82. The molecule has 1 atom stereocenters. The summed E-state index contributed by atoms with van der Waals surface area (Å²) in [6.45, 7) is 2.90. The summed E-state index contributed by atoms with van der Waals surface area (Å²) in [5.74, 6) is 0. The minimum Gasteiger partial charge on any atom is -0.322 e. The van der Waals surface area contributed by atoms with Crippen LogP contribution in [0.3, 0.4) is 0 Å². The summed E-state index contributed by atoms with van der Waals surface area (Å²) in [7, 11) is 0. The van der Waals surface area contributed by atoms with Gasteiger partial charge in [0.1, 0.15) is 0 Å². The van der Waals surface area contributed by atoms with Crippen molar-refractivity contribution in [3.05, 3.63) is 52.8 Å². The summed E-state index contributed by atoms with van der Waals surface area (Å²) >= 11 is 5.95. The van der Waals surface area contributed by atoms with E-state index in [4.69, 9.17) is 17.3 Å². The molecule has 4 heteroatoms. The Labute approximate surface area is 106 Å². The zero-order valence-corrected chi connectivity index (χ0v) is 10.6. The molecular weight excluding hydrogens is 234 g/mol. The highest BCUT2D eigenvalue weighted by atomic mass is 35.5. The third-order valence-electron chi connectivity index (χ3n) is 2.77. The van der Waals surface area contributed by atoms with Crippen molar-refractivity contribution in [3.8, 4) is 0 Å². The molecule has 3 nitrogen and oxygen atoms in total. The van der Waals surface area contributed by atoms with Crippen molar-refractivity contribution in [2.45, 2.75) is 25.9 Å². The first-order valence-corrected chi connectivity index (χ1v) is 6.10. The molecule has 0 bridgehead atoms. The van der Waals surface area contributed by atoms with Gasteiger partial charge in [0, 0.05) is 17.8 Å². The SMILES string of the molecule is CCn1nccc1C(N)Cc1cccc(Cl)c1. The molecule has 17 heavy (non-hydrogen) atoms. The lowest BCUT2D eigenvalue weighted by Crippen LogP contribution is -2.18. The van der Waals surface area contributed by atoms with Crippen molar-refractivity contribution >= 4 is 11.6 Å². The smallest absolute Gasteiger partial charge is 0.0554 e. The van der Waals surface area contributed by atoms with Gasteiger partial charge < -0.3 is 5.73 Å². The molecule has 2 aromatic rings. The first-order chi connectivity index (χ1) is 8.20. The van der Waals surface area contributed by atoms with E-state index in [-0.39, 0.29) is 6.04 Å². The highest BCUT2D eigenvalue weighted by Crippen LogP contribution is 2.18. The van der Waals surface area contributed by atoms with Gasteiger partial charge in [-0.2, -0.15) is 5.10 Å². The van der Waals surface area contributed by atoms with Crippen LogP contribution in [0.5, 0.6) is 0 Å². The van der Waals surface area contributed by atoms with Crippen LogP contribution in [0.2, 0.25) is 5.02 Å². The van der Waals surface area contributed by atoms with Gasteiger partial charge in [-0.05, 0) is 37.1 Å². The molecule has 0 aliphatic heterocycles. The van der Waals surface area contributed by atoms with Crippen LogP contribution >= 0.6 is 11.6 Å². The molecule has 2 N–H and O–H groups in total. The first kappa shape index (κ1) is 12.1. The van der Waals surface area contributed by atoms with E-state index in [1.54, 1.807) is 6.20 Å². The third-order valence-corrected chi connectivity index (χ3v) is 3.01. The van der Waals surface area contributed by atoms with Gasteiger partial charge in [-0.25, -0.2) is 0 Å². The van der Waals surface area contributed by atoms with Crippen molar-refractivity contribution in [3.63, 3.8) is 0 Å². The molecule has 0 radical (unpaired) electrons. The standard InChI is InChI=1S/C13H16ClN3/c1-2-17-13(6-7-16-17)12(15)9-10-4-3-5-11(14)8-10/h3-8,12H,2,9,15H2,1H3. The normalized spacial score (nSPS) is 12.6. The number of hydrogen-bond acceptors (Lipinski definition) is 2. The molecule has 0 saturated carbocycles. The second-order valence-electron chi connectivity index (χ2n) is 4.01. The van der Waals surface area contributed by atoms with Crippen molar-refractivity contribution in [2.24, 2.45) is 5.73 Å². The maximum absolute atomic E-state index is 6.19. The molecule has 0 spiro atoms. The van der Waals surface area contributed by atoms with Gasteiger partial charge in [0.05, 0.1) is 11.7 Å². The third kappa shape index (κ3) is 2.87. The predicted octanol–water partition coefficient (Wildman–Crippen LogP) is 2.80. The van der Waals surface area contributed by atoms with Crippen molar-refractivity contribution in [1.29, 1.82) is 0 Å². The number of aromatic nitrogens is 2. The average Bonchev–Trinajstić information content (AvgIpc) is 2.77. The first-order valence-electron chi connectivity index (χ1n) is 5.72. The van der Waals surface area contributed by atoms with E-state index in [0.29, 0.717) is 0 Å². The fourth-order valence-electron chi connectivity index (χ4n) is 1.94. The number of rotatable bonds is 4. The summed E-state index contributed by atoms with van der Waals surface area (Å²) in [6, 6.07) is 9.73. The maximum atomic E-state index is 6.19. The van der Waals surface area contributed by atoms with E-state index in [1.807, 2.05) is 35.0 Å². The summed E-state index contributed by atoms with van der Waals surface area (Å²) in [5, 5.41) is 4.97. The average molecular weight is 250 g/mol. The summed E-state index contributed by atoms with van der Waals surface area (Å²) < 4.78 is 1.93. The predicted molar refractivity (Wildman–Crippen MR) is 70.0 cm³/mol. The Morgan fingerprint density at radius 3 is 2.94 bits per heavy atom. The van der Waals surface area contributed by atoms with Crippen molar-refractivity contribution in [2.75, 3.05) is 0 Å². The Hall–Kier alpha value is -1.32. The van der Waals surface area contributed by atoms with Gasteiger partial charge in [-0.1, -0.05) is 23.7 Å². The van der Waals surface area contributed by atoms with E-state index < -0.39 is 0 Å². The monoisotopic (exact) mass is 249 g/mol. The van der Waals surface area contributed by atoms with Crippen LogP contribution < -0.4 is 5.73 Å². The molecule has 1 heterocycles. The molecular formula is C13H16ClN3. The van der Waals surface area contributed by atoms with Crippen LogP contribution in [0, 0.1) is 0 Å². The lowest BCUT2D eigenvalue weighted by molar-refractivity contribution is 0.568. The molecule has 0 saturated heterocycles. The van der Waals surface area contributed by atoms with E-state index in [9.17, 15) is 0 Å². The Balaban J connectivity index is 2.14. The largest absolute Gasteiger partial charge is 0.322 e. The molecule has 1 aromatic carbocycles. The van der Waals surface area contributed by atoms with E-state index in [1.165, 1.54) is 0 Å². The van der Waals surface area contributed by atoms with Crippen molar-refractivity contribution < 1.29 is 0 Å². The maximum Gasteiger partial charge on any atom is 0.0554 e. The van der Waals surface area contributed by atoms with Gasteiger partial charge in [0.2, 0.25) is 0 Å². The highest BCUT2D eigenvalue weighted by molar-refractivity contribution is 6.30. The van der Waals surface area contributed by atoms with Crippen LogP contribution in [-0.2, 0) is 13.0 Å². The minimum absolute atomic E-state index is 0.0454. The van der Waals surface area contributed by atoms with Crippen LogP contribution in [0.15, 0.2) is 36.5 Å². The summed E-state index contributed by atoms with van der Waals surface area (Å²) in [4.78, 5) is 0. The number of benzene rings is 1. The number of nitrogens with two attached hydrogens (primary N) is 1. The van der Waals surface area contributed by atoms with Gasteiger partial charge in [-0.15, -0.1) is 0 Å². The van der Waals surface area contributed by atoms with E-state index >= 15 is 0 Å². The molecule has 1 unspecified atom stereocenters. The number of aryl methyl sites for hydroxylation is 1. The summed E-state index contributed by atoms with van der Waals surface area (Å²) in [6.07, 6.45) is 2.56. The van der Waals surface area contributed by atoms with Crippen LogP contribution in [0.1, 0.15) is 24.2 Å². The van der Waals surface area contributed by atoms with Gasteiger partial charge in [0.15, 0.2) is 0 Å². The zero-order valence-electron chi connectivity index (χ0n) is 9.81. The molecule has 90 valence electrons. The molecule has 1 aromatic heterocycles. The molecule has 0 fully saturated rings. The minimum atomic E-state index is -0.0454. The number of nitrogens with zero attached hydrogens (tertiary/aromatic N) is 2. The summed E-state index contributed by atoms with van der Waals surface area (Å²) in [5.41, 5.74) is 8.40. The quantitative estimate of drug-likeness (QED) is 0.906. The molecule has 0 amide bonds. The van der Waals surface area contributed by atoms with Gasteiger partial charge >= 0.3 is 0 Å². The van der Waals surface area contributed by atoms with Gasteiger partial charge in [-0.3, -0.25) is 4.68 Å². The molecule has 0 aliphatic rings. The van der Waals surface area contributed by atoms with Crippen molar-refractivity contribution in [1.82, 2.24) is 9.78 Å². The Bertz CT molecular complexity index is 493. The van der Waals surface area contributed by atoms with E-state index in [0.717, 1.165) is 29.2 Å². The van der Waals surface area contributed by atoms with Crippen LogP contribution in [0.25, 0.3) is 0 Å². The zero-order chi connectivity index (χ0) is 12.3. The van der Waals surface area contributed by atoms with Gasteiger partial charge in [0.25, 0.3) is 0 Å². The lowest BCUT2D eigenvalue weighted by Gasteiger charge is -2.13.